The number of urea groups is 3. The SMILES string of the molecule is C#CCCC1=NN(C(=O)N[C@H]2C[C@H]3CC[C@]2(C)C3(C)C)CC1c1ccccc1F.CC(C)(NC(=O)N1CC(c2ccccc2)C(C2(c3ccccc3)CC2)=N1)c1ccccc1.CC1(C)[C@@H]2CC[C@@]1(C)[C@@H](NC(=O)N1CC(c3ccccc3)C(C3(c4ccccc4)CC3)=N1)C2. The summed E-state index contributed by atoms with van der Waals surface area (Å²) in [6.07, 6.45) is 17.9. The summed E-state index contributed by atoms with van der Waals surface area (Å²) < 4.78 is 14.4. The molecule has 6 aromatic carbocycles. The van der Waals surface area contributed by atoms with E-state index in [9.17, 15) is 18.8 Å². The van der Waals surface area contributed by atoms with E-state index in [-0.39, 0.29) is 86.2 Å². The molecule has 6 aromatic rings. The lowest BCUT2D eigenvalue weighted by atomic mass is 9.69. The van der Waals surface area contributed by atoms with Crippen LogP contribution in [0, 0.1) is 51.7 Å². The zero-order valence-electron chi connectivity index (χ0n) is 56.3. The molecule has 13 heteroatoms. The molecule has 9 aliphatic rings. The molecule has 6 aliphatic carbocycles. The summed E-state index contributed by atoms with van der Waals surface area (Å²) in [5, 5.41) is 29.3. The first-order valence-electron chi connectivity index (χ1n) is 34.6. The van der Waals surface area contributed by atoms with Crippen LogP contribution in [0.15, 0.2) is 191 Å². The van der Waals surface area contributed by atoms with Gasteiger partial charge in [0.25, 0.3) is 0 Å². The Kier molecular flexibility index (Phi) is 17.2. The summed E-state index contributed by atoms with van der Waals surface area (Å²) in [4.78, 5) is 40.0. The first-order chi connectivity index (χ1) is 45.1. The number of hydrazone groups is 3. The summed E-state index contributed by atoms with van der Waals surface area (Å²) in [7, 11) is 0. The summed E-state index contributed by atoms with van der Waals surface area (Å²) in [5.74, 6) is 3.71. The van der Waals surface area contributed by atoms with Crippen LogP contribution >= 0.6 is 0 Å². The highest BCUT2D eigenvalue weighted by Gasteiger charge is 2.64. The predicted molar refractivity (Wildman–Crippen MR) is 374 cm³/mol. The lowest BCUT2D eigenvalue weighted by molar-refractivity contribution is 0.118. The van der Waals surface area contributed by atoms with E-state index in [1.54, 1.807) is 22.2 Å². The molecule has 0 aromatic heterocycles. The maximum atomic E-state index is 14.4. The van der Waals surface area contributed by atoms with E-state index < -0.39 is 5.54 Å². The second-order valence-corrected chi connectivity index (χ2v) is 30.6. The number of hydrogen-bond acceptors (Lipinski definition) is 6. The number of rotatable bonds is 13. The Balaban J connectivity index is 0.000000128. The van der Waals surface area contributed by atoms with E-state index in [1.807, 2.05) is 56.3 Å². The van der Waals surface area contributed by atoms with Gasteiger partial charge in [-0.05, 0) is 157 Å². The standard InChI is InChI=1S/C29H35N3O.C28H29N3O.C24H30FN3O/c1-27(2)22-14-15-28(27,3)24(18-22)30-26(33)32-19-23(20-10-6-4-7-11-20)25(31-32)29(16-17-29)21-12-8-5-9-13-21;1-27(2,22-14-8-4-9-15-22)29-26(32)31-20-24(21-12-6-3-7-13-21)25(30-31)28(18-19-28)23-16-10-5-11-17-23;1-5-6-11-20-18(17-9-7-8-10-19(17)25)15-28(27-20)22(29)26-21-14-16-12-13-24(21,4)23(16,2)3/h4-13,22-24H,14-19H2,1-3H3,(H,30,33);3-17,24H,18-20H2,1-2H3,(H,29,32);1,7-10,16,18,21H,6,11-15H2,2-4H3,(H,26,29)/t22-,23?,24+,28+;;16-,18?,21+,24+/m1.1/s1. The number of hydrogen-bond donors (Lipinski definition) is 3. The molecule has 3 heterocycles. The Morgan fingerprint density at radius 1 is 0.521 bits per heavy atom. The number of amides is 6. The fraction of sp³-hybridized carbons (Fsp3) is 0.457. The maximum Gasteiger partial charge on any atom is 0.338 e. The van der Waals surface area contributed by atoms with E-state index in [0.717, 1.165) is 67.6 Å². The predicted octanol–water partition coefficient (Wildman–Crippen LogP) is 16.8. The number of terminal acetylenes is 1. The van der Waals surface area contributed by atoms with Gasteiger partial charge in [0, 0.05) is 52.8 Å². The fourth-order valence-electron chi connectivity index (χ4n) is 17.8. The molecule has 488 valence electrons. The molecule has 6 saturated carbocycles. The zero-order valence-corrected chi connectivity index (χ0v) is 56.3. The van der Waals surface area contributed by atoms with Crippen LogP contribution in [0.3, 0.4) is 0 Å². The van der Waals surface area contributed by atoms with Crippen molar-refractivity contribution in [1.82, 2.24) is 31.0 Å². The van der Waals surface area contributed by atoms with Crippen molar-refractivity contribution in [3.8, 4) is 12.3 Å². The number of carbonyl (C=O) groups excluding carboxylic acids is 3. The first-order valence-corrected chi connectivity index (χ1v) is 34.6. The number of nitrogens with one attached hydrogen (secondary N) is 3. The van der Waals surface area contributed by atoms with Crippen molar-refractivity contribution in [2.75, 3.05) is 19.6 Å². The van der Waals surface area contributed by atoms with Gasteiger partial charge in [-0.1, -0.05) is 211 Å². The summed E-state index contributed by atoms with van der Waals surface area (Å²) in [5.41, 5.74) is 9.99. The smallest absolute Gasteiger partial charge is 0.333 e. The van der Waals surface area contributed by atoms with Crippen LogP contribution in [0.4, 0.5) is 18.8 Å². The maximum absolute atomic E-state index is 14.4. The average Bonchev–Trinajstić information content (AvgIpc) is 1.58. The van der Waals surface area contributed by atoms with Crippen molar-refractivity contribution in [2.24, 2.45) is 48.8 Å². The Labute approximate surface area is 556 Å². The van der Waals surface area contributed by atoms with E-state index in [1.165, 1.54) is 52.6 Å². The van der Waals surface area contributed by atoms with Crippen molar-refractivity contribution in [1.29, 1.82) is 0 Å². The van der Waals surface area contributed by atoms with Gasteiger partial charge >= 0.3 is 18.1 Å². The molecule has 0 radical (unpaired) electrons. The number of fused-ring (bicyclic) bond motifs is 4. The Hall–Kier alpha value is -8.37. The Morgan fingerprint density at radius 3 is 1.32 bits per heavy atom. The zero-order chi connectivity index (χ0) is 65.8. The van der Waals surface area contributed by atoms with Crippen LogP contribution in [0.25, 0.3) is 0 Å². The van der Waals surface area contributed by atoms with Crippen LogP contribution in [0.1, 0.15) is 184 Å². The summed E-state index contributed by atoms with van der Waals surface area (Å²) in [6, 6.07) is 59.2. The van der Waals surface area contributed by atoms with E-state index >= 15 is 0 Å². The van der Waals surface area contributed by atoms with Crippen LogP contribution in [0.5, 0.6) is 0 Å². The molecule has 0 saturated heterocycles. The molecule has 3 N–H and O–H groups in total. The van der Waals surface area contributed by atoms with Gasteiger partial charge in [0.05, 0.1) is 36.6 Å². The highest BCUT2D eigenvalue weighted by Crippen LogP contribution is 2.67. The number of carbonyl (C=O) groups is 3. The van der Waals surface area contributed by atoms with Gasteiger partial charge in [-0.25, -0.2) is 33.8 Å². The van der Waals surface area contributed by atoms with Crippen LogP contribution in [0.2, 0.25) is 0 Å². The van der Waals surface area contributed by atoms with Crippen LogP contribution in [-0.4, -0.2) is 82.0 Å². The molecular formula is C81H94FN9O3. The van der Waals surface area contributed by atoms with Gasteiger partial charge in [-0.3, -0.25) is 0 Å². The molecule has 12 nitrogen and oxygen atoms in total. The molecular weight excluding hydrogens is 1170 g/mol. The number of benzene rings is 6. The van der Waals surface area contributed by atoms with E-state index in [0.29, 0.717) is 49.9 Å². The minimum Gasteiger partial charge on any atom is -0.333 e. The van der Waals surface area contributed by atoms with Gasteiger partial charge in [0.2, 0.25) is 0 Å². The number of nitrogens with zero attached hydrogens (tertiary/aromatic N) is 6. The molecule has 0 spiro atoms. The topological polar surface area (TPSA) is 134 Å². The van der Waals surface area contributed by atoms with Gasteiger partial charge in [0.15, 0.2) is 0 Å². The minimum atomic E-state index is -0.491. The van der Waals surface area contributed by atoms with E-state index in [4.69, 9.17) is 16.6 Å². The third-order valence-corrected chi connectivity index (χ3v) is 25.0. The highest BCUT2D eigenvalue weighted by atomic mass is 19.1. The van der Waals surface area contributed by atoms with Gasteiger partial charge in [-0.15, -0.1) is 12.3 Å². The van der Waals surface area contributed by atoms with Gasteiger partial charge in [0.1, 0.15) is 5.82 Å². The average molecular weight is 1260 g/mol. The Bertz CT molecular complexity index is 3900. The molecule has 3 unspecified atom stereocenters. The largest absolute Gasteiger partial charge is 0.338 e. The highest BCUT2D eigenvalue weighted by molar-refractivity contribution is 6.05. The molecule has 94 heavy (non-hydrogen) atoms. The number of halogens is 1. The van der Waals surface area contributed by atoms with Gasteiger partial charge < -0.3 is 16.0 Å². The van der Waals surface area contributed by atoms with Gasteiger partial charge in [-0.2, -0.15) is 15.3 Å². The van der Waals surface area contributed by atoms with Crippen molar-refractivity contribution in [3.05, 3.63) is 215 Å². The van der Waals surface area contributed by atoms with Crippen LogP contribution < -0.4 is 16.0 Å². The molecule has 6 amide bonds. The first kappa shape index (κ1) is 64.3. The third-order valence-electron chi connectivity index (χ3n) is 25.0. The van der Waals surface area contributed by atoms with Crippen molar-refractivity contribution >= 4 is 35.2 Å². The van der Waals surface area contributed by atoms with E-state index in [2.05, 4.69) is 184 Å². The van der Waals surface area contributed by atoms with Crippen molar-refractivity contribution in [3.63, 3.8) is 0 Å². The third kappa shape index (κ3) is 11.6. The molecule has 15 rings (SSSR count). The summed E-state index contributed by atoms with van der Waals surface area (Å²) in [6.45, 7) is 19.7. The lowest BCUT2D eigenvalue weighted by Crippen LogP contribution is -2.50. The molecule has 4 bridgehead atoms. The lowest BCUT2D eigenvalue weighted by Gasteiger charge is -2.39. The fourth-order valence-corrected chi connectivity index (χ4v) is 17.8. The van der Waals surface area contributed by atoms with Crippen molar-refractivity contribution < 1.29 is 18.8 Å². The second kappa shape index (κ2) is 25.1. The molecule has 6 fully saturated rings. The monoisotopic (exact) mass is 1260 g/mol. The molecule has 9 atom stereocenters. The Morgan fingerprint density at radius 2 is 0.915 bits per heavy atom. The second-order valence-electron chi connectivity index (χ2n) is 30.6. The van der Waals surface area contributed by atoms with Crippen molar-refractivity contribution in [2.45, 2.75) is 179 Å². The van der Waals surface area contributed by atoms with Crippen LogP contribution in [-0.2, 0) is 16.4 Å². The normalized spacial score (nSPS) is 28.1. The molecule has 3 aliphatic heterocycles. The summed E-state index contributed by atoms with van der Waals surface area (Å²) >= 11 is 0. The minimum absolute atomic E-state index is 0.0237. The quantitative estimate of drug-likeness (QED) is 0.0994.